The summed E-state index contributed by atoms with van der Waals surface area (Å²) in [5, 5.41) is 0.644. The first kappa shape index (κ1) is 16.8. The van der Waals surface area contributed by atoms with Gasteiger partial charge >= 0.3 is 0 Å². The molecule has 0 saturated heterocycles. The second-order valence-electron chi connectivity index (χ2n) is 4.65. The molecule has 118 valence electrons. The summed E-state index contributed by atoms with van der Waals surface area (Å²) in [6.07, 6.45) is 0. The molecule has 0 unspecified atom stereocenters. The van der Waals surface area contributed by atoms with Gasteiger partial charge in [-0.1, -0.05) is 23.7 Å². The predicted octanol–water partition coefficient (Wildman–Crippen LogP) is 2.42. The number of nitrogen functional groups attached to an aromatic ring is 1. The number of anilines is 1. The van der Waals surface area contributed by atoms with Crippen LogP contribution in [-0.2, 0) is 21.4 Å². The van der Waals surface area contributed by atoms with Crippen molar-refractivity contribution >= 4 is 27.3 Å². The van der Waals surface area contributed by atoms with Gasteiger partial charge in [0.25, 0.3) is 0 Å². The number of nitrogens with two attached hydrogens (primary N) is 1. The smallest absolute Gasteiger partial charge is 0.240 e. The first-order chi connectivity index (χ1) is 10.5. The third-order valence-electron chi connectivity index (χ3n) is 2.89. The van der Waals surface area contributed by atoms with Crippen LogP contribution in [0.1, 0.15) is 5.56 Å². The van der Waals surface area contributed by atoms with E-state index >= 15 is 0 Å². The van der Waals surface area contributed by atoms with Crippen molar-refractivity contribution in [3.05, 3.63) is 59.1 Å². The molecule has 0 spiro atoms. The Kier molecular flexibility index (Phi) is 5.79. The summed E-state index contributed by atoms with van der Waals surface area (Å²) in [6.45, 7) is 0.831. The van der Waals surface area contributed by atoms with Crippen LogP contribution in [0.25, 0.3) is 0 Å². The molecule has 0 saturated carbocycles. The molecule has 0 aliphatic rings. The lowest BCUT2D eigenvalue weighted by Gasteiger charge is -2.08. The number of benzene rings is 2. The van der Waals surface area contributed by atoms with Crippen molar-refractivity contribution in [2.24, 2.45) is 0 Å². The van der Waals surface area contributed by atoms with Crippen molar-refractivity contribution in [1.29, 1.82) is 0 Å². The lowest BCUT2D eigenvalue weighted by Crippen LogP contribution is -2.27. The highest BCUT2D eigenvalue weighted by atomic mass is 35.5. The van der Waals surface area contributed by atoms with Crippen LogP contribution >= 0.6 is 11.6 Å². The topological polar surface area (TPSA) is 81.4 Å². The SMILES string of the molecule is Nc1ccc(S(=O)(=O)NCCOCc2cccc(Cl)c2)cc1. The largest absolute Gasteiger partial charge is 0.399 e. The average molecular weight is 341 g/mol. The molecule has 0 aliphatic carbocycles. The number of nitrogens with one attached hydrogen (secondary N) is 1. The molecular formula is C15H17ClN2O3S. The standard InChI is InChI=1S/C15H17ClN2O3S/c16-13-3-1-2-12(10-13)11-21-9-8-18-22(19,20)15-6-4-14(17)5-7-15/h1-7,10,18H,8-9,11,17H2. The summed E-state index contributed by atoms with van der Waals surface area (Å²) in [5.41, 5.74) is 6.99. The van der Waals surface area contributed by atoms with E-state index in [1.54, 1.807) is 24.3 Å². The zero-order valence-electron chi connectivity index (χ0n) is 11.8. The quantitative estimate of drug-likeness (QED) is 0.599. The normalized spacial score (nSPS) is 11.5. The molecule has 0 heterocycles. The Morgan fingerprint density at radius 2 is 1.86 bits per heavy atom. The number of sulfonamides is 1. The van der Waals surface area contributed by atoms with E-state index in [0.717, 1.165) is 5.56 Å². The maximum atomic E-state index is 12.0. The molecule has 22 heavy (non-hydrogen) atoms. The van der Waals surface area contributed by atoms with E-state index in [4.69, 9.17) is 22.1 Å². The Morgan fingerprint density at radius 3 is 2.55 bits per heavy atom. The maximum Gasteiger partial charge on any atom is 0.240 e. The summed E-state index contributed by atoms with van der Waals surface area (Å²) >= 11 is 5.87. The zero-order chi connectivity index (χ0) is 16.0. The molecule has 0 radical (unpaired) electrons. The maximum absolute atomic E-state index is 12.0. The summed E-state index contributed by atoms with van der Waals surface area (Å²) in [6, 6.07) is 13.3. The second kappa shape index (κ2) is 7.60. The number of hydrogen-bond donors (Lipinski definition) is 2. The summed E-state index contributed by atoms with van der Waals surface area (Å²) in [5.74, 6) is 0. The molecule has 7 heteroatoms. The van der Waals surface area contributed by atoms with Gasteiger partial charge in [0, 0.05) is 17.3 Å². The first-order valence-electron chi connectivity index (χ1n) is 6.65. The second-order valence-corrected chi connectivity index (χ2v) is 6.85. The van der Waals surface area contributed by atoms with Gasteiger partial charge in [-0.2, -0.15) is 0 Å². The Labute approximate surface area is 135 Å². The van der Waals surface area contributed by atoms with Crippen molar-refractivity contribution in [1.82, 2.24) is 4.72 Å². The third-order valence-corrected chi connectivity index (χ3v) is 4.60. The molecule has 0 bridgehead atoms. The zero-order valence-corrected chi connectivity index (χ0v) is 13.4. The van der Waals surface area contributed by atoms with E-state index in [9.17, 15) is 8.42 Å². The molecule has 0 aromatic heterocycles. The van der Waals surface area contributed by atoms with Crippen LogP contribution in [-0.4, -0.2) is 21.6 Å². The van der Waals surface area contributed by atoms with Gasteiger partial charge in [0.15, 0.2) is 0 Å². The van der Waals surface area contributed by atoms with Gasteiger partial charge in [0.05, 0.1) is 18.1 Å². The van der Waals surface area contributed by atoms with Gasteiger partial charge in [0.2, 0.25) is 10.0 Å². The monoisotopic (exact) mass is 340 g/mol. The van der Waals surface area contributed by atoms with E-state index in [-0.39, 0.29) is 18.0 Å². The van der Waals surface area contributed by atoms with Crippen molar-refractivity contribution < 1.29 is 13.2 Å². The van der Waals surface area contributed by atoms with E-state index in [0.29, 0.717) is 17.3 Å². The number of hydrogen-bond acceptors (Lipinski definition) is 4. The molecule has 2 aromatic rings. The molecule has 5 nitrogen and oxygen atoms in total. The third kappa shape index (κ3) is 4.99. The number of ether oxygens (including phenoxy) is 1. The Bertz CT molecular complexity index is 718. The van der Waals surface area contributed by atoms with Crippen molar-refractivity contribution in [2.75, 3.05) is 18.9 Å². The van der Waals surface area contributed by atoms with Crippen molar-refractivity contribution in [3.8, 4) is 0 Å². The molecule has 0 atom stereocenters. The summed E-state index contributed by atoms with van der Waals surface area (Å²) in [7, 11) is -3.54. The van der Waals surface area contributed by atoms with Crippen LogP contribution in [0.2, 0.25) is 5.02 Å². The molecular weight excluding hydrogens is 324 g/mol. The van der Waals surface area contributed by atoms with Gasteiger partial charge in [-0.05, 0) is 42.0 Å². The molecule has 2 aromatic carbocycles. The van der Waals surface area contributed by atoms with Crippen molar-refractivity contribution in [2.45, 2.75) is 11.5 Å². The Morgan fingerprint density at radius 1 is 1.14 bits per heavy atom. The minimum atomic E-state index is -3.54. The highest BCUT2D eigenvalue weighted by Gasteiger charge is 2.12. The lowest BCUT2D eigenvalue weighted by molar-refractivity contribution is 0.126. The number of rotatable bonds is 7. The van der Waals surface area contributed by atoms with E-state index in [1.807, 2.05) is 12.1 Å². The fraction of sp³-hybridized carbons (Fsp3) is 0.200. The minimum Gasteiger partial charge on any atom is -0.399 e. The fourth-order valence-corrected chi connectivity index (χ4v) is 3.02. The Hall–Kier alpha value is -1.60. The van der Waals surface area contributed by atoms with Gasteiger partial charge < -0.3 is 10.5 Å². The molecule has 0 amide bonds. The number of halogens is 1. The van der Waals surface area contributed by atoms with Crippen LogP contribution in [0, 0.1) is 0 Å². The molecule has 2 rings (SSSR count). The van der Waals surface area contributed by atoms with E-state index < -0.39 is 10.0 Å². The fourth-order valence-electron chi connectivity index (χ4n) is 1.80. The highest BCUT2D eigenvalue weighted by Crippen LogP contribution is 2.12. The van der Waals surface area contributed by atoms with Crippen LogP contribution in [0.15, 0.2) is 53.4 Å². The Balaban J connectivity index is 1.77. The predicted molar refractivity (Wildman–Crippen MR) is 87.2 cm³/mol. The molecule has 0 fully saturated rings. The van der Waals surface area contributed by atoms with Crippen LogP contribution in [0.3, 0.4) is 0 Å². The lowest BCUT2D eigenvalue weighted by atomic mass is 10.2. The van der Waals surface area contributed by atoms with Gasteiger partial charge in [0.1, 0.15) is 0 Å². The summed E-state index contributed by atoms with van der Waals surface area (Å²) in [4.78, 5) is 0.177. The first-order valence-corrected chi connectivity index (χ1v) is 8.51. The van der Waals surface area contributed by atoms with Gasteiger partial charge in [-0.3, -0.25) is 0 Å². The molecule has 3 N–H and O–H groups in total. The average Bonchev–Trinajstić information content (AvgIpc) is 2.47. The minimum absolute atomic E-state index is 0.177. The van der Waals surface area contributed by atoms with Gasteiger partial charge in [-0.15, -0.1) is 0 Å². The van der Waals surface area contributed by atoms with E-state index in [1.165, 1.54) is 12.1 Å². The summed E-state index contributed by atoms with van der Waals surface area (Å²) < 4.78 is 31.9. The van der Waals surface area contributed by atoms with Gasteiger partial charge in [-0.25, -0.2) is 13.1 Å². The van der Waals surface area contributed by atoms with Crippen LogP contribution in [0.4, 0.5) is 5.69 Å². The van der Waals surface area contributed by atoms with E-state index in [2.05, 4.69) is 4.72 Å². The molecule has 0 aliphatic heterocycles. The van der Waals surface area contributed by atoms with Crippen molar-refractivity contribution in [3.63, 3.8) is 0 Å². The van der Waals surface area contributed by atoms with Crippen LogP contribution < -0.4 is 10.5 Å². The highest BCUT2D eigenvalue weighted by molar-refractivity contribution is 7.89. The van der Waals surface area contributed by atoms with Crippen LogP contribution in [0.5, 0.6) is 0 Å².